The number of carbonyl (C=O) groups excluding carboxylic acids is 1. The Morgan fingerprint density at radius 1 is 1.41 bits per heavy atom. The lowest BCUT2D eigenvalue weighted by atomic mass is 9.85. The molecule has 3 N–H and O–H groups in total. The van der Waals surface area contributed by atoms with Gasteiger partial charge in [-0.15, -0.1) is 0 Å². The van der Waals surface area contributed by atoms with E-state index in [-0.39, 0.29) is 17.4 Å². The molecule has 1 saturated carbocycles. The number of hydrogen-bond donors (Lipinski definition) is 2. The molecule has 0 aromatic heterocycles. The lowest BCUT2D eigenvalue weighted by Gasteiger charge is -2.26. The van der Waals surface area contributed by atoms with Gasteiger partial charge in [0.15, 0.2) is 0 Å². The zero-order valence-corrected chi connectivity index (χ0v) is 10.8. The van der Waals surface area contributed by atoms with Gasteiger partial charge in [0.25, 0.3) is 0 Å². The zero-order valence-electron chi connectivity index (χ0n) is 10.8. The van der Waals surface area contributed by atoms with Crippen LogP contribution in [0, 0.1) is 5.41 Å². The summed E-state index contributed by atoms with van der Waals surface area (Å²) in [5, 5.41) is 2.93. The molecule has 1 fully saturated rings. The minimum atomic E-state index is -0.342. The van der Waals surface area contributed by atoms with Crippen LogP contribution in [0.2, 0.25) is 0 Å². The van der Waals surface area contributed by atoms with E-state index in [1.807, 2.05) is 0 Å². The Kier molecular flexibility index (Phi) is 5.88. The molecular weight excluding hydrogens is 220 g/mol. The van der Waals surface area contributed by atoms with Crippen molar-refractivity contribution in [2.45, 2.75) is 31.8 Å². The maximum Gasteiger partial charge on any atom is 0.227 e. The second-order valence-corrected chi connectivity index (χ2v) is 4.71. The van der Waals surface area contributed by atoms with Crippen molar-refractivity contribution in [2.75, 3.05) is 33.9 Å². The first-order valence-corrected chi connectivity index (χ1v) is 6.18. The summed E-state index contributed by atoms with van der Waals surface area (Å²) in [6.07, 6.45) is 3.89. The first-order chi connectivity index (χ1) is 8.18. The van der Waals surface area contributed by atoms with Crippen LogP contribution in [0.4, 0.5) is 0 Å². The van der Waals surface area contributed by atoms with Gasteiger partial charge in [-0.05, 0) is 12.8 Å². The van der Waals surface area contributed by atoms with Gasteiger partial charge in [-0.1, -0.05) is 12.8 Å². The zero-order chi connectivity index (χ0) is 12.7. The van der Waals surface area contributed by atoms with Crippen molar-refractivity contribution in [1.82, 2.24) is 5.32 Å². The second-order valence-electron chi connectivity index (χ2n) is 4.71. The van der Waals surface area contributed by atoms with Crippen molar-refractivity contribution in [1.29, 1.82) is 0 Å². The standard InChI is InChI=1S/C12H24N2O3/c1-16-8-10(17-2)7-14-11(15)12(9-13)5-3-4-6-12/h10H,3-9,13H2,1-2H3,(H,14,15). The smallest absolute Gasteiger partial charge is 0.227 e. The average molecular weight is 244 g/mol. The number of nitrogens with two attached hydrogens (primary N) is 1. The Balaban J connectivity index is 2.42. The van der Waals surface area contributed by atoms with Crippen LogP contribution >= 0.6 is 0 Å². The highest BCUT2D eigenvalue weighted by atomic mass is 16.5. The fraction of sp³-hybridized carbons (Fsp3) is 0.917. The van der Waals surface area contributed by atoms with Crippen LogP contribution in [-0.2, 0) is 14.3 Å². The second kappa shape index (κ2) is 6.93. The molecule has 1 amide bonds. The Hall–Kier alpha value is -0.650. The summed E-state index contributed by atoms with van der Waals surface area (Å²) in [4.78, 5) is 12.1. The number of rotatable bonds is 7. The van der Waals surface area contributed by atoms with Gasteiger partial charge < -0.3 is 20.5 Å². The van der Waals surface area contributed by atoms with Crippen molar-refractivity contribution < 1.29 is 14.3 Å². The van der Waals surface area contributed by atoms with Crippen LogP contribution in [-0.4, -0.2) is 45.9 Å². The lowest BCUT2D eigenvalue weighted by Crippen LogP contribution is -2.47. The molecule has 100 valence electrons. The first-order valence-electron chi connectivity index (χ1n) is 6.18. The molecule has 5 heteroatoms. The van der Waals surface area contributed by atoms with Crippen LogP contribution in [0.3, 0.4) is 0 Å². The predicted molar refractivity (Wildman–Crippen MR) is 65.6 cm³/mol. The number of methoxy groups -OCH3 is 2. The van der Waals surface area contributed by atoms with Gasteiger partial charge in [-0.3, -0.25) is 4.79 Å². The van der Waals surface area contributed by atoms with Gasteiger partial charge in [-0.2, -0.15) is 0 Å². The Bertz CT molecular complexity index is 240. The van der Waals surface area contributed by atoms with E-state index in [4.69, 9.17) is 15.2 Å². The fourth-order valence-electron chi connectivity index (χ4n) is 2.37. The molecule has 0 aromatic carbocycles. The first kappa shape index (κ1) is 14.4. The van der Waals surface area contributed by atoms with Crippen LogP contribution < -0.4 is 11.1 Å². The molecule has 17 heavy (non-hydrogen) atoms. The largest absolute Gasteiger partial charge is 0.382 e. The third kappa shape index (κ3) is 3.66. The molecule has 0 bridgehead atoms. The molecule has 0 aromatic rings. The molecule has 1 rings (SSSR count). The van der Waals surface area contributed by atoms with E-state index >= 15 is 0 Å². The summed E-state index contributed by atoms with van der Waals surface area (Å²) in [6.45, 7) is 1.39. The fourth-order valence-corrected chi connectivity index (χ4v) is 2.37. The van der Waals surface area contributed by atoms with Gasteiger partial charge in [0, 0.05) is 27.3 Å². The van der Waals surface area contributed by atoms with E-state index in [0.29, 0.717) is 19.7 Å². The maximum absolute atomic E-state index is 12.1. The minimum Gasteiger partial charge on any atom is -0.382 e. The van der Waals surface area contributed by atoms with Gasteiger partial charge in [0.05, 0.1) is 18.1 Å². The molecule has 1 aliphatic carbocycles. The predicted octanol–water partition coefficient (Wildman–Crippen LogP) is 0.283. The van der Waals surface area contributed by atoms with Crippen molar-refractivity contribution >= 4 is 5.91 Å². The lowest BCUT2D eigenvalue weighted by molar-refractivity contribution is -0.131. The van der Waals surface area contributed by atoms with Gasteiger partial charge in [0.1, 0.15) is 0 Å². The van der Waals surface area contributed by atoms with Crippen LogP contribution in [0.1, 0.15) is 25.7 Å². The van der Waals surface area contributed by atoms with E-state index in [9.17, 15) is 4.79 Å². The quantitative estimate of drug-likeness (QED) is 0.675. The van der Waals surface area contributed by atoms with E-state index in [1.165, 1.54) is 0 Å². The summed E-state index contributed by atoms with van der Waals surface area (Å²) in [6, 6.07) is 0. The van der Waals surface area contributed by atoms with Crippen LogP contribution in [0.25, 0.3) is 0 Å². The number of ether oxygens (including phenoxy) is 2. The van der Waals surface area contributed by atoms with Crippen LogP contribution in [0.5, 0.6) is 0 Å². The number of nitrogens with one attached hydrogen (secondary N) is 1. The molecule has 1 aliphatic rings. The van der Waals surface area contributed by atoms with Crippen molar-refractivity contribution in [3.8, 4) is 0 Å². The normalized spacial score (nSPS) is 20.2. The SMILES string of the molecule is COCC(CNC(=O)C1(CN)CCCC1)OC. The number of carbonyl (C=O) groups is 1. The topological polar surface area (TPSA) is 73.6 Å². The monoisotopic (exact) mass is 244 g/mol. The molecule has 0 heterocycles. The molecular formula is C12H24N2O3. The van der Waals surface area contributed by atoms with Crippen molar-refractivity contribution in [2.24, 2.45) is 11.1 Å². The molecule has 0 aliphatic heterocycles. The Morgan fingerprint density at radius 2 is 2.06 bits per heavy atom. The number of amides is 1. The maximum atomic E-state index is 12.1. The van der Waals surface area contributed by atoms with Crippen LogP contribution in [0.15, 0.2) is 0 Å². The van der Waals surface area contributed by atoms with E-state index < -0.39 is 0 Å². The van der Waals surface area contributed by atoms with Gasteiger partial charge >= 0.3 is 0 Å². The summed E-state index contributed by atoms with van der Waals surface area (Å²) >= 11 is 0. The molecule has 0 radical (unpaired) electrons. The molecule has 0 saturated heterocycles. The van der Waals surface area contributed by atoms with Crippen molar-refractivity contribution in [3.63, 3.8) is 0 Å². The molecule has 5 nitrogen and oxygen atoms in total. The Labute approximate surface area is 103 Å². The van der Waals surface area contributed by atoms with E-state index in [2.05, 4.69) is 5.32 Å². The van der Waals surface area contributed by atoms with Crippen molar-refractivity contribution in [3.05, 3.63) is 0 Å². The third-order valence-electron chi connectivity index (χ3n) is 3.61. The molecule has 0 spiro atoms. The minimum absolute atomic E-state index is 0.0654. The molecule has 1 unspecified atom stereocenters. The van der Waals surface area contributed by atoms with E-state index in [0.717, 1.165) is 25.7 Å². The highest BCUT2D eigenvalue weighted by molar-refractivity contribution is 5.83. The van der Waals surface area contributed by atoms with E-state index in [1.54, 1.807) is 14.2 Å². The highest BCUT2D eigenvalue weighted by Gasteiger charge is 2.39. The summed E-state index contributed by atoms with van der Waals surface area (Å²) in [5.74, 6) is 0.0654. The van der Waals surface area contributed by atoms with Gasteiger partial charge in [0.2, 0.25) is 5.91 Å². The number of hydrogen-bond acceptors (Lipinski definition) is 4. The summed E-state index contributed by atoms with van der Waals surface area (Å²) in [7, 11) is 3.23. The summed E-state index contributed by atoms with van der Waals surface area (Å²) < 4.78 is 10.2. The average Bonchev–Trinajstić information content (AvgIpc) is 2.84. The van der Waals surface area contributed by atoms with Gasteiger partial charge in [-0.25, -0.2) is 0 Å². The third-order valence-corrected chi connectivity index (χ3v) is 3.61. The molecule has 1 atom stereocenters. The Morgan fingerprint density at radius 3 is 2.53 bits per heavy atom. The highest BCUT2D eigenvalue weighted by Crippen LogP contribution is 2.37. The summed E-state index contributed by atoms with van der Waals surface area (Å²) in [5.41, 5.74) is 5.41.